The standard InChI is InChI=1S/C36H23N3S2/c1-20-10-9-11-21(2)30(20)31-24-13-3-6-15-27(24)37-36(38-31)39-28-16-7-4-12-22(28)23-18-19-26-33(32(23)39)41-34-25-14-5-8-17-29(25)40-35(26)34/h3-19H,1-2H3. The van der Waals surface area contributed by atoms with E-state index in [0.717, 1.165) is 22.1 Å². The monoisotopic (exact) mass is 561 g/mol. The van der Waals surface area contributed by atoms with Gasteiger partial charge in [0.05, 0.1) is 36.3 Å². The second-order valence-corrected chi connectivity index (χ2v) is 12.8. The van der Waals surface area contributed by atoms with Gasteiger partial charge in [0, 0.05) is 37.2 Å². The molecule has 5 heteroatoms. The summed E-state index contributed by atoms with van der Waals surface area (Å²) in [5.74, 6) is 0.710. The Morgan fingerprint density at radius 3 is 2.07 bits per heavy atom. The van der Waals surface area contributed by atoms with Crippen LogP contribution in [0.1, 0.15) is 11.1 Å². The van der Waals surface area contributed by atoms with Crippen LogP contribution in [-0.2, 0) is 0 Å². The normalized spacial score (nSPS) is 12.1. The van der Waals surface area contributed by atoms with Crippen LogP contribution < -0.4 is 0 Å². The van der Waals surface area contributed by atoms with Crippen LogP contribution in [0.4, 0.5) is 0 Å². The highest BCUT2D eigenvalue weighted by Gasteiger charge is 2.22. The van der Waals surface area contributed by atoms with Gasteiger partial charge in [0.15, 0.2) is 0 Å². The molecule has 0 saturated heterocycles. The molecule has 0 aliphatic carbocycles. The molecule has 0 amide bonds. The van der Waals surface area contributed by atoms with Crippen LogP contribution in [0.25, 0.3) is 79.5 Å². The molecule has 4 heterocycles. The fourth-order valence-corrected chi connectivity index (χ4v) is 9.24. The van der Waals surface area contributed by atoms with Crippen LogP contribution in [0.2, 0.25) is 0 Å². The Kier molecular flexibility index (Phi) is 4.78. The van der Waals surface area contributed by atoms with Crippen molar-refractivity contribution in [2.45, 2.75) is 13.8 Å². The van der Waals surface area contributed by atoms with E-state index in [1.807, 2.05) is 22.7 Å². The topological polar surface area (TPSA) is 30.7 Å². The molecule has 0 spiro atoms. The summed E-state index contributed by atoms with van der Waals surface area (Å²) in [6.45, 7) is 4.34. The molecule has 0 unspecified atom stereocenters. The number of fused-ring (bicyclic) bond motifs is 10. The van der Waals surface area contributed by atoms with E-state index in [0.29, 0.717) is 5.95 Å². The Hall–Kier alpha value is -4.58. The Bertz CT molecular complexity index is 2490. The van der Waals surface area contributed by atoms with Crippen molar-refractivity contribution in [1.82, 2.24) is 14.5 Å². The molecule has 9 aromatic rings. The molecular weight excluding hydrogens is 539 g/mol. The Morgan fingerprint density at radius 2 is 1.22 bits per heavy atom. The maximum atomic E-state index is 5.39. The number of benzene rings is 5. The zero-order valence-electron chi connectivity index (χ0n) is 22.5. The highest BCUT2D eigenvalue weighted by molar-refractivity contribution is 7.37. The average Bonchev–Trinajstić information content (AvgIpc) is 3.65. The molecule has 3 nitrogen and oxygen atoms in total. The van der Waals surface area contributed by atoms with Crippen LogP contribution in [0.5, 0.6) is 0 Å². The fraction of sp³-hybridized carbons (Fsp3) is 0.0556. The highest BCUT2D eigenvalue weighted by Crippen LogP contribution is 2.48. The molecule has 0 N–H and O–H groups in total. The van der Waals surface area contributed by atoms with Gasteiger partial charge < -0.3 is 0 Å². The van der Waals surface area contributed by atoms with Gasteiger partial charge in [-0.1, -0.05) is 84.9 Å². The Morgan fingerprint density at radius 1 is 0.537 bits per heavy atom. The molecule has 0 atom stereocenters. The highest BCUT2D eigenvalue weighted by atomic mass is 32.1. The molecule has 0 fully saturated rings. The minimum atomic E-state index is 0.710. The molecule has 9 rings (SSSR count). The lowest BCUT2D eigenvalue weighted by Crippen LogP contribution is -2.04. The van der Waals surface area contributed by atoms with Gasteiger partial charge >= 0.3 is 0 Å². The SMILES string of the molecule is Cc1cccc(C)c1-c1nc(-n2c3ccccc3c3ccc4c5sc6ccccc6c5sc4c32)nc2ccccc12. The van der Waals surface area contributed by atoms with Gasteiger partial charge in [-0.2, -0.15) is 0 Å². The van der Waals surface area contributed by atoms with Gasteiger partial charge in [-0.25, -0.2) is 9.97 Å². The summed E-state index contributed by atoms with van der Waals surface area (Å²) in [5, 5.41) is 6.16. The Balaban J connectivity index is 1.46. The third kappa shape index (κ3) is 3.19. The smallest absolute Gasteiger partial charge is 0.235 e. The van der Waals surface area contributed by atoms with Crippen molar-refractivity contribution in [3.8, 4) is 17.2 Å². The van der Waals surface area contributed by atoms with Crippen LogP contribution in [0.3, 0.4) is 0 Å². The van der Waals surface area contributed by atoms with E-state index in [1.54, 1.807) is 0 Å². The average molecular weight is 562 g/mol. The van der Waals surface area contributed by atoms with E-state index < -0.39 is 0 Å². The van der Waals surface area contributed by atoms with Crippen molar-refractivity contribution < 1.29 is 0 Å². The van der Waals surface area contributed by atoms with Crippen molar-refractivity contribution in [1.29, 1.82) is 0 Å². The number of aryl methyl sites for hydroxylation is 2. The third-order valence-corrected chi connectivity index (χ3v) is 10.9. The van der Waals surface area contributed by atoms with Crippen molar-refractivity contribution in [3.05, 3.63) is 114 Å². The quantitative estimate of drug-likeness (QED) is 0.210. The number of nitrogens with zero attached hydrogens (tertiary/aromatic N) is 3. The van der Waals surface area contributed by atoms with Crippen LogP contribution in [0.15, 0.2) is 103 Å². The number of aromatic nitrogens is 3. The lowest BCUT2D eigenvalue weighted by Gasteiger charge is -2.15. The van der Waals surface area contributed by atoms with Gasteiger partial charge in [0.2, 0.25) is 5.95 Å². The first kappa shape index (κ1) is 23.2. The van der Waals surface area contributed by atoms with Gasteiger partial charge in [-0.05, 0) is 43.2 Å². The van der Waals surface area contributed by atoms with E-state index in [9.17, 15) is 0 Å². The summed E-state index contributed by atoms with van der Waals surface area (Å²) < 4.78 is 7.66. The fourth-order valence-electron chi connectivity index (χ4n) is 6.46. The van der Waals surface area contributed by atoms with Gasteiger partial charge in [-0.15, -0.1) is 22.7 Å². The molecule has 0 radical (unpaired) electrons. The van der Waals surface area contributed by atoms with E-state index in [-0.39, 0.29) is 0 Å². The van der Waals surface area contributed by atoms with Crippen molar-refractivity contribution in [2.24, 2.45) is 0 Å². The molecule has 0 saturated carbocycles. The Labute approximate surface area is 244 Å². The van der Waals surface area contributed by atoms with Gasteiger partial charge in [0.25, 0.3) is 0 Å². The summed E-state index contributed by atoms with van der Waals surface area (Å²) in [5.41, 5.74) is 7.86. The van der Waals surface area contributed by atoms with E-state index in [2.05, 4.69) is 122 Å². The molecule has 41 heavy (non-hydrogen) atoms. The first-order valence-electron chi connectivity index (χ1n) is 13.8. The predicted molar refractivity (Wildman–Crippen MR) is 177 cm³/mol. The van der Waals surface area contributed by atoms with Crippen molar-refractivity contribution >= 4 is 85.0 Å². The summed E-state index contributed by atoms with van der Waals surface area (Å²) >= 11 is 3.78. The number of rotatable bonds is 2. The second kappa shape index (κ2) is 8.46. The van der Waals surface area contributed by atoms with Crippen LogP contribution >= 0.6 is 22.7 Å². The molecule has 0 bridgehead atoms. The molecular formula is C36H23N3S2. The summed E-state index contributed by atoms with van der Waals surface area (Å²) in [6.07, 6.45) is 0. The molecule has 0 aliphatic heterocycles. The number of thiophene rings is 2. The van der Waals surface area contributed by atoms with E-state index in [1.165, 1.54) is 62.6 Å². The van der Waals surface area contributed by atoms with Crippen molar-refractivity contribution in [2.75, 3.05) is 0 Å². The number of para-hydroxylation sites is 2. The maximum absolute atomic E-state index is 5.39. The lowest BCUT2D eigenvalue weighted by atomic mass is 9.97. The third-order valence-electron chi connectivity index (χ3n) is 8.30. The first-order valence-corrected chi connectivity index (χ1v) is 15.4. The zero-order chi connectivity index (χ0) is 27.2. The molecule has 5 aromatic carbocycles. The summed E-state index contributed by atoms with van der Waals surface area (Å²) in [7, 11) is 0. The zero-order valence-corrected chi connectivity index (χ0v) is 24.1. The molecule has 194 valence electrons. The van der Waals surface area contributed by atoms with Crippen molar-refractivity contribution in [3.63, 3.8) is 0 Å². The van der Waals surface area contributed by atoms with Gasteiger partial charge in [0.1, 0.15) is 0 Å². The van der Waals surface area contributed by atoms with Crippen LogP contribution in [0, 0.1) is 13.8 Å². The summed E-state index contributed by atoms with van der Waals surface area (Å²) in [4.78, 5) is 10.6. The second-order valence-electron chi connectivity index (χ2n) is 10.7. The maximum Gasteiger partial charge on any atom is 0.235 e. The molecule has 0 aliphatic rings. The van der Waals surface area contributed by atoms with E-state index >= 15 is 0 Å². The minimum Gasteiger partial charge on any atom is -0.276 e. The lowest BCUT2D eigenvalue weighted by molar-refractivity contribution is 1.02. The number of hydrogen-bond donors (Lipinski definition) is 0. The first-order chi connectivity index (χ1) is 20.2. The largest absolute Gasteiger partial charge is 0.276 e. The molecule has 4 aromatic heterocycles. The predicted octanol–water partition coefficient (Wildman–Crippen LogP) is 10.6. The number of hydrogen-bond acceptors (Lipinski definition) is 4. The van der Waals surface area contributed by atoms with Crippen LogP contribution in [-0.4, -0.2) is 14.5 Å². The van der Waals surface area contributed by atoms with E-state index in [4.69, 9.17) is 9.97 Å². The van der Waals surface area contributed by atoms with Gasteiger partial charge in [-0.3, -0.25) is 4.57 Å². The minimum absolute atomic E-state index is 0.710. The summed E-state index contributed by atoms with van der Waals surface area (Å²) in [6, 6.07) is 36.9.